The van der Waals surface area contributed by atoms with Gasteiger partial charge in [-0.15, -0.1) is 0 Å². The highest BCUT2D eigenvalue weighted by Gasteiger charge is 2.18. The van der Waals surface area contributed by atoms with Crippen LogP contribution >= 0.6 is 0 Å². The third-order valence-electron chi connectivity index (χ3n) is 6.60. The minimum Gasteiger partial charge on any atom is -0.508 e. The lowest BCUT2D eigenvalue weighted by Crippen LogP contribution is -2.10. The van der Waals surface area contributed by atoms with Crippen LogP contribution < -0.4 is 0 Å². The van der Waals surface area contributed by atoms with E-state index >= 15 is 0 Å². The molecule has 0 saturated heterocycles. The van der Waals surface area contributed by atoms with Crippen molar-refractivity contribution in [3.63, 3.8) is 0 Å². The third kappa shape index (κ3) is 2.77. The summed E-state index contributed by atoms with van der Waals surface area (Å²) in [6.07, 6.45) is 0. The van der Waals surface area contributed by atoms with Gasteiger partial charge in [-0.25, -0.2) is 0 Å². The number of phenols is 1. The summed E-state index contributed by atoms with van der Waals surface area (Å²) in [6, 6.07) is 30.3. The number of aromatic hydroxyl groups is 1. The van der Waals surface area contributed by atoms with Gasteiger partial charge in [-0.1, -0.05) is 87.5 Å². The molecule has 6 aromatic rings. The van der Waals surface area contributed by atoms with Gasteiger partial charge in [0.05, 0.1) is 0 Å². The summed E-state index contributed by atoms with van der Waals surface area (Å²) in [5.41, 5.74) is 3.94. The summed E-state index contributed by atoms with van der Waals surface area (Å²) in [5.74, 6) is 0.303. The Labute approximate surface area is 181 Å². The van der Waals surface area contributed by atoms with E-state index < -0.39 is 0 Å². The molecule has 0 aliphatic rings. The molecule has 0 amide bonds. The standard InChI is InChI=1S/C30H24O/c1-30(2,3)24-15-22-7-4-18-9-12-26(27-13-10-23(16-24)28(22)29(18)27)21-6-5-20-17-25(31)11-8-19(20)14-21/h4-17,31H,1-3H3. The first-order valence-corrected chi connectivity index (χ1v) is 10.8. The van der Waals surface area contributed by atoms with Gasteiger partial charge in [-0.05, 0) is 83.4 Å². The largest absolute Gasteiger partial charge is 0.508 e. The Kier molecular flexibility index (Phi) is 3.65. The lowest BCUT2D eigenvalue weighted by atomic mass is 9.82. The van der Waals surface area contributed by atoms with Crippen molar-refractivity contribution >= 4 is 43.1 Å². The minimum atomic E-state index is 0.120. The van der Waals surface area contributed by atoms with E-state index in [1.54, 1.807) is 6.07 Å². The van der Waals surface area contributed by atoms with Gasteiger partial charge in [0, 0.05) is 0 Å². The van der Waals surface area contributed by atoms with E-state index in [9.17, 15) is 5.11 Å². The fourth-order valence-electron chi connectivity index (χ4n) is 4.90. The van der Waals surface area contributed by atoms with E-state index in [0.29, 0.717) is 5.75 Å². The SMILES string of the molecule is CC(C)(C)c1cc2ccc3ccc(-c4ccc5cc(O)ccc5c4)c4ccc(c1)c2c34. The molecule has 0 saturated carbocycles. The molecule has 1 nitrogen and oxygen atoms in total. The molecular weight excluding hydrogens is 376 g/mol. The zero-order valence-electron chi connectivity index (χ0n) is 18.0. The van der Waals surface area contributed by atoms with Gasteiger partial charge in [0.2, 0.25) is 0 Å². The first kappa shape index (κ1) is 18.2. The molecule has 1 heteroatoms. The van der Waals surface area contributed by atoms with Gasteiger partial charge in [0.15, 0.2) is 0 Å². The molecule has 6 aromatic carbocycles. The molecule has 0 aliphatic heterocycles. The second kappa shape index (κ2) is 6.21. The molecule has 0 bridgehead atoms. The average molecular weight is 401 g/mol. The lowest BCUT2D eigenvalue weighted by Gasteiger charge is -2.22. The van der Waals surface area contributed by atoms with Gasteiger partial charge < -0.3 is 5.11 Å². The summed E-state index contributed by atoms with van der Waals surface area (Å²) in [7, 11) is 0. The van der Waals surface area contributed by atoms with Gasteiger partial charge in [0.25, 0.3) is 0 Å². The number of rotatable bonds is 1. The van der Waals surface area contributed by atoms with E-state index in [4.69, 9.17) is 0 Å². The fourth-order valence-corrected chi connectivity index (χ4v) is 4.90. The first-order valence-electron chi connectivity index (χ1n) is 10.8. The van der Waals surface area contributed by atoms with Crippen LogP contribution in [0.3, 0.4) is 0 Å². The Morgan fingerprint density at radius 2 is 1.16 bits per heavy atom. The normalized spacial score (nSPS) is 12.5. The Bertz CT molecular complexity index is 1600. The van der Waals surface area contributed by atoms with Crippen LogP contribution in [0.4, 0.5) is 0 Å². The second-order valence-electron chi connectivity index (χ2n) is 9.68. The van der Waals surface area contributed by atoms with E-state index in [0.717, 1.165) is 10.8 Å². The maximum atomic E-state index is 9.78. The number of benzene rings is 6. The Hall–Kier alpha value is -3.58. The number of phenolic OH excluding ortho intramolecular Hbond substituents is 1. The molecule has 0 spiro atoms. The maximum Gasteiger partial charge on any atom is 0.116 e. The van der Waals surface area contributed by atoms with Crippen LogP contribution in [-0.4, -0.2) is 5.11 Å². The molecule has 0 aliphatic carbocycles. The van der Waals surface area contributed by atoms with Gasteiger partial charge in [0.1, 0.15) is 5.75 Å². The fraction of sp³-hybridized carbons (Fsp3) is 0.133. The molecule has 0 atom stereocenters. The Morgan fingerprint density at radius 3 is 1.94 bits per heavy atom. The Balaban J connectivity index is 1.66. The predicted molar refractivity (Wildman–Crippen MR) is 133 cm³/mol. The van der Waals surface area contributed by atoms with Gasteiger partial charge in [-0.2, -0.15) is 0 Å². The van der Waals surface area contributed by atoms with Crippen molar-refractivity contribution in [1.29, 1.82) is 0 Å². The minimum absolute atomic E-state index is 0.120. The number of hydrogen-bond donors (Lipinski definition) is 1. The average Bonchev–Trinajstić information content (AvgIpc) is 2.76. The van der Waals surface area contributed by atoms with Gasteiger partial charge >= 0.3 is 0 Å². The van der Waals surface area contributed by atoms with Gasteiger partial charge in [-0.3, -0.25) is 0 Å². The zero-order chi connectivity index (χ0) is 21.3. The van der Waals surface area contributed by atoms with Crippen molar-refractivity contribution < 1.29 is 5.11 Å². The van der Waals surface area contributed by atoms with Crippen molar-refractivity contribution in [1.82, 2.24) is 0 Å². The summed E-state index contributed by atoms with van der Waals surface area (Å²) in [5, 5.41) is 19.9. The van der Waals surface area contributed by atoms with Crippen molar-refractivity contribution in [2.75, 3.05) is 0 Å². The number of hydrogen-bond acceptors (Lipinski definition) is 1. The van der Waals surface area contributed by atoms with E-state index in [1.807, 2.05) is 12.1 Å². The van der Waals surface area contributed by atoms with Crippen LogP contribution in [0.1, 0.15) is 26.3 Å². The quantitative estimate of drug-likeness (QED) is 0.275. The second-order valence-corrected chi connectivity index (χ2v) is 9.68. The van der Waals surface area contributed by atoms with E-state index in [1.165, 1.54) is 49.0 Å². The third-order valence-corrected chi connectivity index (χ3v) is 6.60. The zero-order valence-corrected chi connectivity index (χ0v) is 18.0. The topological polar surface area (TPSA) is 20.2 Å². The molecule has 31 heavy (non-hydrogen) atoms. The molecule has 6 rings (SSSR count). The molecule has 0 aromatic heterocycles. The maximum absolute atomic E-state index is 9.78. The molecule has 150 valence electrons. The molecular formula is C30H24O. The molecule has 0 heterocycles. The predicted octanol–water partition coefficient (Wildman–Crippen LogP) is 8.41. The first-order chi connectivity index (χ1) is 14.9. The van der Waals surface area contributed by atoms with E-state index in [2.05, 4.69) is 87.5 Å². The van der Waals surface area contributed by atoms with Crippen LogP contribution in [-0.2, 0) is 5.41 Å². The molecule has 0 fully saturated rings. The van der Waals surface area contributed by atoms with E-state index in [-0.39, 0.29) is 5.41 Å². The molecule has 1 N–H and O–H groups in total. The highest BCUT2D eigenvalue weighted by molar-refractivity contribution is 6.25. The molecule has 0 unspecified atom stereocenters. The summed E-state index contributed by atoms with van der Waals surface area (Å²) in [4.78, 5) is 0. The Morgan fingerprint density at radius 1 is 0.548 bits per heavy atom. The van der Waals surface area contributed by atoms with Crippen LogP contribution in [0.25, 0.3) is 54.2 Å². The van der Waals surface area contributed by atoms with Crippen molar-refractivity contribution in [3.05, 3.63) is 90.5 Å². The van der Waals surface area contributed by atoms with Crippen LogP contribution in [0.15, 0.2) is 84.9 Å². The highest BCUT2D eigenvalue weighted by Crippen LogP contribution is 2.41. The molecule has 0 radical (unpaired) electrons. The van der Waals surface area contributed by atoms with Crippen LogP contribution in [0.2, 0.25) is 0 Å². The van der Waals surface area contributed by atoms with Crippen molar-refractivity contribution in [2.45, 2.75) is 26.2 Å². The summed E-state index contributed by atoms with van der Waals surface area (Å²) in [6.45, 7) is 6.83. The number of fused-ring (bicyclic) bond motifs is 1. The van der Waals surface area contributed by atoms with Crippen molar-refractivity contribution in [2.24, 2.45) is 0 Å². The van der Waals surface area contributed by atoms with Crippen LogP contribution in [0.5, 0.6) is 5.75 Å². The summed E-state index contributed by atoms with van der Waals surface area (Å²) < 4.78 is 0. The smallest absolute Gasteiger partial charge is 0.116 e. The lowest BCUT2D eigenvalue weighted by molar-refractivity contribution is 0.476. The summed E-state index contributed by atoms with van der Waals surface area (Å²) >= 11 is 0. The highest BCUT2D eigenvalue weighted by atomic mass is 16.3. The van der Waals surface area contributed by atoms with Crippen molar-refractivity contribution in [3.8, 4) is 16.9 Å². The monoisotopic (exact) mass is 400 g/mol. The van der Waals surface area contributed by atoms with Crippen LogP contribution in [0, 0.1) is 0 Å².